The molecule has 132 valence electrons. The van der Waals surface area contributed by atoms with E-state index in [1.165, 1.54) is 0 Å². The first-order chi connectivity index (χ1) is 11.1. The zero-order valence-corrected chi connectivity index (χ0v) is 17.2. The lowest BCUT2D eigenvalue weighted by atomic mass is 9.87. The van der Waals surface area contributed by atoms with Crippen LogP contribution in [0.3, 0.4) is 0 Å². The predicted molar refractivity (Wildman–Crippen MR) is 101 cm³/mol. The summed E-state index contributed by atoms with van der Waals surface area (Å²) >= 11 is 3.56. The van der Waals surface area contributed by atoms with Crippen molar-refractivity contribution in [1.82, 2.24) is 4.31 Å². The second-order valence-corrected chi connectivity index (χ2v) is 10.1. The Kier molecular flexibility index (Phi) is 5.72. The van der Waals surface area contributed by atoms with Gasteiger partial charge in [0.2, 0.25) is 0 Å². The molecule has 1 aliphatic carbocycles. The third-order valence-corrected chi connectivity index (χ3v) is 7.07. The molecule has 1 aliphatic rings. The van der Waals surface area contributed by atoms with E-state index in [0.717, 1.165) is 22.2 Å². The zero-order valence-electron chi connectivity index (χ0n) is 14.8. The van der Waals surface area contributed by atoms with Gasteiger partial charge in [-0.15, -0.1) is 0 Å². The first-order valence-corrected chi connectivity index (χ1v) is 9.77. The van der Waals surface area contributed by atoms with E-state index < -0.39 is 21.3 Å². The fourth-order valence-corrected chi connectivity index (χ4v) is 5.08. The molecule has 2 atom stereocenters. The first-order valence-electron chi connectivity index (χ1n) is 7.87. The summed E-state index contributed by atoms with van der Waals surface area (Å²) in [5.74, 6) is 0.827. The van der Waals surface area contributed by atoms with Gasteiger partial charge in [0.15, 0.2) is 5.78 Å². The van der Waals surface area contributed by atoms with Gasteiger partial charge < -0.3 is 4.42 Å². The van der Waals surface area contributed by atoms with Crippen molar-refractivity contribution in [2.45, 2.75) is 50.8 Å². The number of rotatable bonds is 5. The molecule has 0 amide bonds. The number of hydrogen-bond donors (Lipinski definition) is 0. The van der Waals surface area contributed by atoms with Crippen molar-refractivity contribution in [2.75, 3.05) is 7.05 Å². The molecule has 0 saturated heterocycles. The summed E-state index contributed by atoms with van der Waals surface area (Å²) in [5.41, 5.74) is 0.505. The lowest BCUT2D eigenvalue weighted by molar-refractivity contribution is -0.110. The standard InChI is InChI=1S/C18H24BrNO3S/c1-13-14(8-11-23-13)6-9-18(10-7-15(21)12-16(18)19)20(5)24(22)17(2,3)4/h7-8,10-12H,6,9H2,1-5H3/t18-,24?/m1/s1. The summed E-state index contributed by atoms with van der Waals surface area (Å²) in [6.07, 6.45) is 8.11. The Morgan fingerprint density at radius 1 is 1.38 bits per heavy atom. The van der Waals surface area contributed by atoms with Crippen molar-refractivity contribution in [3.63, 3.8) is 0 Å². The van der Waals surface area contributed by atoms with Crippen molar-refractivity contribution in [3.05, 3.63) is 46.4 Å². The largest absolute Gasteiger partial charge is 0.469 e. The molecule has 0 N–H and O–H groups in total. The van der Waals surface area contributed by atoms with Gasteiger partial charge in [0.25, 0.3) is 0 Å². The van der Waals surface area contributed by atoms with Crippen molar-refractivity contribution < 1.29 is 13.4 Å². The highest BCUT2D eigenvalue weighted by atomic mass is 79.9. The second-order valence-electron chi connectivity index (χ2n) is 7.01. The van der Waals surface area contributed by atoms with Gasteiger partial charge in [-0.05, 0) is 64.3 Å². The number of likely N-dealkylation sites (N-methyl/N-ethyl adjacent to an activating group) is 1. The summed E-state index contributed by atoms with van der Waals surface area (Å²) in [4.78, 5) is 11.7. The number of hydrogen-bond acceptors (Lipinski definition) is 3. The van der Waals surface area contributed by atoms with Crippen LogP contribution in [-0.4, -0.2) is 31.6 Å². The molecule has 0 saturated carbocycles. The van der Waals surface area contributed by atoms with Crippen LogP contribution in [0, 0.1) is 6.92 Å². The van der Waals surface area contributed by atoms with E-state index in [2.05, 4.69) is 15.9 Å². The molecule has 2 rings (SSSR count). The Hall–Kier alpha value is -0.980. The van der Waals surface area contributed by atoms with Gasteiger partial charge in [-0.2, -0.15) is 0 Å². The maximum atomic E-state index is 13.0. The van der Waals surface area contributed by atoms with Crippen LogP contribution >= 0.6 is 15.9 Å². The van der Waals surface area contributed by atoms with Gasteiger partial charge >= 0.3 is 0 Å². The summed E-state index contributed by atoms with van der Waals surface area (Å²) in [6, 6.07) is 1.96. The maximum absolute atomic E-state index is 13.0. The highest BCUT2D eigenvalue weighted by Gasteiger charge is 2.42. The molecule has 1 aromatic heterocycles. The van der Waals surface area contributed by atoms with Gasteiger partial charge in [-0.25, -0.2) is 8.51 Å². The molecule has 0 radical (unpaired) electrons. The Morgan fingerprint density at radius 3 is 2.54 bits per heavy atom. The molecule has 24 heavy (non-hydrogen) atoms. The number of carbonyl (C=O) groups is 1. The van der Waals surface area contributed by atoms with Crippen LogP contribution in [0.25, 0.3) is 0 Å². The van der Waals surface area contributed by atoms with Gasteiger partial charge in [-0.3, -0.25) is 4.79 Å². The molecular weight excluding hydrogens is 390 g/mol. The molecule has 0 fully saturated rings. The van der Waals surface area contributed by atoms with E-state index in [0.29, 0.717) is 6.42 Å². The average Bonchev–Trinajstić information content (AvgIpc) is 2.90. The smallest absolute Gasteiger partial charge is 0.179 e. The molecule has 0 aliphatic heterocycles. The van der Waals surface area contributed by atoms with Crippen LogP contribution in [0.15, 0.2) is 39.5 Å². The molecule has 1 unspecified atom stereocenters. The van der Waals surface area contributed by atoms with Crippen LogP contribution < -0.4 is 0 Å². The Morgan fingerprint density at radius 2 is 2.04 bits per heavy atom. The van der Waals surface area contributed by atoms with E-state index >= 15 is 0 Å². The molecular formula is C18H24BrNO3S. The van der Waals surface area contributed by atoms with Gasteiger partial charge in [-0.1, -0.05) is 22.0 Å². The summed E-state index contributed by atoms with van der Waals surface area (Å²) in [7, 11) is 0.618. The summed E-state index contributed by atoms with van der Waals surface area (Å²) < 4.78 is 20.5. The van der Waals surface area contributed by atoms with E-state index in [9.17, 15) is 9.00 Å². The van der Waals surface area contributed by atoms with Crippen molar-refractivity contribution in [2.24, 2.45) is 0 Å². The second kappa shape index (κ2) is 7.10. The number of carbonyl (C=O) groups excluding carboxylic acids is 1. The van der Waals surface area contributed by atoms with Crippen LogP contribution in [0.4, 0.5) is 0 Å². The van der Waals surface area contributed by atoms with Gasteiger partial charge in [0.1, 0.15) is 16.7 Å². The lowest BCUT2D eigenvalue weighted by Crippen LogP contribution is -2.51. The Bertz CT molecular complexity index is 714. The highest BCUT2D eigenvalue weighted by Crippen LogP contribution is 2.39. The minimum absolute atomic E-state index is 0.0630. The Labute approximate surface area is 154 Å². The fourth-order valence-electron chi connectivity index (χ4n) is 2.77. The van der Waals surface area contributed by atoms with Gasteiger partial charge in [0, 0.05) is 11.5 Å². The normalized spacial score (nSPS) is 22.8. The van der Waals surface area contributed by atoms with E-state index in [-0.39, 0.29) is 5.78 Å². The average molecular weight is 414 g/mol. The topological polar surface area (TPSA) is 50.5 Å². The van der Waals surface area contributed by atoms with Crippen LogP contribution in [0.5, 0.6) is 0 Å². The molecule has 1 heterocycles. The van der Waals surface area contributed by atoms with E-state index in [4.69, 9.17) is 4.42 Å². The van der Waals surface area contributed by atoms with Crippen LogP contribution in [0.2, 0.25) is 0 Å². The lowest BCUT2D eigenvalue weighted by Gasteiger charge is -2.42. The summed E-state index contributed by atoms with van der Waals surface area (Å²) in [6.45, 7) is 7.78. The highest BCUT2D eigenvalue weighted by molar-refractivity contribution is 9.11. The van der Waals surface area contributed by atoms with E-state index in [1.54, 1.807) is 18.4 Å². The molecule has 0 spiro atoms. The third kappa shape index (κ3) is 3.81. The number of halogens is 1. The summed E-state index contributed by atoms with van der Waals surface area (Å²) in [5, 5.41) is 0. The van der Waals surface area contributed by atoms with Crippen molar-refractivity contribution in [3.8, 4) is 0 Å². The Balaban J connectivity index is 2.37. The number of allylic oxidation sites excluding steroid dienone is 2. The molecule has 1 aromatic rings. The van der Waals surface area contributed by atoms with Gasteiger partial charge in [0.05, 0.1) is 16.5 Å². The number of furan rings is 1. The number of aryl methyl sites for hydroxylation is 2. The maximum Gasteiger partial charge on any atom is 0.179 e. The minimum Gasteiger partial charge on any atom is -0.469 e. The SMILES string of the molecule is Cc1occc1CC[C@@]1(N(C)S(=O)C(C)(C)C)C=CC(=O)C=C1Br. The van der Waals surface area contributed by atoms with Crippen molar-refractivity contribution in [1.29, 1.82) is 0 Å². The minimum atomic E-state index is -1.23. The molecule has 0 bridgehead atoms. The molecule has 0 aromatic carbocycles. The van der Waals surface area contributed by atoms with E-state index in [1.807, 2.05) is 51.2 Å². The third-order valence-electron chi connectivity index (χ3n) is 4.28. The quantitative estimate of drug-likeness (QED) is 0.730. The predicted octanol–water partition coefficient (Wildman–Crippen LogP) is 4.07. The van der Waals surface area contributed by atoms with Crippen molar-refractivity contribution >= 4 is 32.7 Å². The molecule has 6 heteroatoms. The molecule has 4 nitrogen and oxygen atoms in total. The fraction of sp³-hybridized carbons (Fsp3) is 0.500. The van der Waals surface area contributed by atoms with Crippen LogP contribution in [0.1, 0.15) is 38.5 Å². The zero-order chi connectivity index (χ0) is 18.1. The monoisotopic (exact) mass is 413 g/mol. The first kappa shape index (κ1) is 19.3. The number of ketones is 1. The van der Waals surface area contributed by atoms with Crippen LogP contribution in [-0.2, 0) is 22.2 Å². The number of nitrogens with zero attached hydrogens (tertiary/aromatic N) is 1.